The summed E-state index contributed by atoms with van der Waals surface area (Å²) in [5, 5.41) is 5.41. The van der Waals surface area contributed by atoms with Crippen LogP contribution < -0.4 is 5.01 Å². The van der Waals surface area contributed by atoms with Gasteiger partial charge in [0, 0.05) is 6.08 Å². The Morgan fingerprint density at radius 2 is 1.75 bits per heavy atom. The van der Waals surface area contributed by atoms with Crippen LogP contribution in [0.15, 0.2) is 90.0 Å². The molecule has 0 aliphatic rings. The summed E-state index contributed by atoms with van der Waals surface area (Å²) >= 11 is 1.38. The van der Waals surface area contributed by atoms with Crippen LogP contribution in [0.4, 0.5) is 18.9 Å². The Labute approximate surface area is 208 Å². The number of carbonyl (C=O) groups is 2. The molecule has 0 aliphatic heterocycles. The number of ether oxygens (including phenoxy) is 1. The minimum atomic E-state index is -4.61. The third-order valence-corrected chi connectivity index (χ3v) is 5.79. The Balaban J connectivity index is 1.48. The molecule has 0 bridgehead atoms. The summed E-state index contributed by atoms with van der Waals surface area (Å²) in [5.74, 6) is -1.64. The maximum Gasteiger partial charge on any atom is 0.416 e. The van der Waals surface area contributed by atoms with Crippen LogP contribution in [0.3, 0.4) is 0 Å². The molecule has 1 amide bonds. The molecule has 1 aromatic heterocycles. The lowest BCUT2D eigenvalue weighted by Gasteiger charge is -2.18. The Kier molecular flexibility index (Phi) is 7.55. The van der Waals surface area contributed by atoms with E-state index in [0.717, 1.165) is 33.4 Å². The van der Waals surface area contributed by atoms with Crippen molar-refractivity contribution in [2.24, 2.45) is 5.10 Å². The molecule has 0 saturated carbocycles. The van der Waals surface area contributed by atoms with E-state index in [4.69, 9.17) is 4.74 Å². The summed E-state index contributed by atoms with van der Waals surface area (Å²) in [6.07, 6.45) is -0.679. The van der Waals surface area contributed by atoms with Gasteiger partial charge in [0.25, 0.3) is 5.91 Å². The Bertz CT molecular complexity index is 1400. The average molecular weight is 510 g/mol. The minimum absolute atomic E-state index is 0.122. The first kappa shape index (κ1) is 24.8. The highest BCUT2D eigenvalue weighted by atomic mass is 32.1. The first-order valence-electron chi connectivity index (χ1n) is 10.6. The number of fused-ring (bicyclic) bond motifs is 1. The van der Waals surface area contributed by atoms with E-state index in [9.17, 15) is 22.8 Å². The highest BCUT2D eigenvalue weighted by molar-refractivity contribution is 7.19. The molecule has 1 heterocycles. The second kappa shape index (κ2) is 11.0. The van der Waals surface area contributed by atoms with E-state index in [-0.39, 0.29) is 5.69 Å². The van der Waals surface area contributed by atoms with Crippen molar-refractivity contribution in [3.63, 3.8) is 0 Å². The molecule has 4 aromatic rings. The summed E-state index contributed by atoms with van der Waals surface area (Å²) in [7, 11) is 0. The molecule has 0 spiro atoms. The largest absolute Gasteiger partial charge is 0.452 e. The fourth-order valence-corrected chi connectivity index (χ4v) is 3.97. The fraction of sp³-hybridized carbons (Fsp3) is 0.0769. The highest BCUT2D eigenvalue weighted by Gasteiger charge is 2.31. The summed E-state index contributed by atoms with van der Waals surface area (Å²) in [6, 6.07) is 20.4. The minimum Gasteiger partial charge on any atom is -0.452 e. The van der Waals surface area contributed by atoms with Crippen molar-refractivity contribution in [1.82, 2.24) is 4.98 Å². The summed E-state index contributed by atoms with van der Waals surface area (Å²) in [6.45, 7) is -0.731. The monoisotopic (exact) mass is 509 g/mol. The molecule has 0 unspecified atom stereocenters. The zero-order chi connectivity index (χ0) is 25.5. The first-order valence-corrected chi connectivity index (χ1v) is 11.4. The maximum atomic E-state index is 13.2. The summed E-state index contributed by atoms with van der Waals surface area (Å²) < 4.78 is 45.6. The SMILES string of the molecule is O=C(/C=C/c1nc2ccccc2s1)OCC(=O)N(/N=C/c1ccccc1)c1cccc(C(F)(F)F)c1. The molecule has 0 N–H and O–H groups in total. The quantitative estimate of drug-likeness (QED) is 0.134. The van der Waals surface area contributed by atoms with Gasteiger partial charge >= 0.3 is 12.1 Å². The van der Waals surface area contributed by atoms with Crippen LogP contribution in [-0.2, 0) is 20.5 Å². The standard InChI is InChI=1S/C26H18F3N3O3S/c27-26(28,29)19-9-6-10-20(15-19)32(30-16-18-7-2-1-3-8-18)24(33)17-35-25(34)14-13-23-31-21-11-4-5-12-22(21)36-23/h1-16H,17H2/b14-13+,30-16+. The molecule has 0 aliphatic carbocycles. The molecule has 36 heavy (non-hydrogen) atoms. The molecule has 0 radical (unpaired) electrons. The van der Waals surface area contributed by atoms with Crippen LogP contribution in [0, 0.1) is 0 Å². The van der Waals surface area contributed by atoms with E-state index in [1.807, 2.05) is 24.3 Å². The van der Waals surface area contributed by atoms with Crippen molar-refractivity contribution in [3.05, 3.63) is 101 Å². The number of rotatable bonds is 7. The number of hydrogen-bond acceptors (Lipinski definition) is 6. The summed E-state index contributed by atoms with van der Waals surface area (Å²) in [4.78, 5) is 29.4. The van der Waals surface area contributed by atoms with Crippen LogP contribution in [0.1, 0.15) is 16.1 Å². The Morgan fingerprint density at radius 3 is 2.50 bits per heavy atom. The zero-order valence-electron chi connectivity index (χ0n) is 18.6. The van der Waals surface area contributed by atoms with Gasteiger partial charge in [-0.15, -0.1) is 11.3 Å². The van der Waals surface area contributed by atoms with E-state index in [1.165, 1.54) is 35.8 Å². The Morgan fingerprint density at radius 1 is 1.00 bits per heavy atom. The number of benzene rings is 3. The van der Waals surface area contributed by atoms with Crippen LogP contribution >= 0.6 is 11.3 Å². The Hall–Kier alpha value is -4.31. The van der Waals surface area contributed by atoms with E-state index >= 15 is 0 Å². The molecular weight excluding hydrogens is 491 g/mol. The van der Waals surface area contributed by atoms with Gasteiger partial charge in [-0.25, -0.2) is 9.78 Å². The van der Waals surface area contributed by atoms with Crippen LogP contribution in [0.2, 0.25) is 0 Å². The smallest absolute Gasteiger partial charge is 0.416 e. The lowest BCUT2D eigenvalue weighted by molar-refractivity contribution is -0.142. The van der Waals surface area contributed by atoms with Crippen molar-refractivity contribution in [2.75, 3.05) is 11.6 Å². The molecule has 3 aromatic carbocycles. The average Bonchev–Trinajstić information content (AvgIpc) is 3.30. The molecule has 0 fully saturated rings. The van der Waals surface area contributed by atoms with Gasteiger partial charge in [-0.1, -0.05) is 48.5 Å². The number of halogens is 3. The number of aromatic nitrogens is 1. The van der Waals surface area contributed by atoms with Gasteiger partial charge in [-0.3, -0.25) is 4.79 Å². The van der Waals surface area contributed by atoms with Crippen molar-refractivity contribution >= 4 is 51.4 Å². The van der Waals surface area contributed by atoms with Gasteiger partial charge in [-0.05, 0) is 42.0 Å². The third kappa shape index (κ3) is 6.42. The number of anilines is 1. The molecule has 6 nitrogen and oxygen atoms in total. The second-order valence-corrected chi connectivity index (χ2v) is 8.43. The zero-order valence-corrected chi connectivity index (χ0v) is 19.4. The van der Waals surface area contributed by atoms with Crippen molar-refractivity contribution in [1.29, 1.82) is 0 Å². The van der Waals surface area contributed by atoms with Crippen molar-refractivity contribution < 1.29 is 27.5 Å². The van der Waals surface area contributed by atoms with E-state index in [2.05, 4.69) is 10.1 Å². The third-order valence-electron chi connectivity index (χ3n) is 4.79. The number of hydrogen-bond donors (Lipinski definition) is 0. The van der Waals surface area contributed by atoms with E-state index in [1.54, 1.807) is 30.3 Å². The van der Waals surface area contributed by atoms with E-state index in [0.29, 0.717) is 10.6 Å². The fourth-order valence-electron chi connectivity index (χ4n) is 3.10. The number of carbonyl (C=O) groups excluding carboxylic acids is 2. The number of hydrazone groups is 1. The number of alkyl halides is 3. The number of amides is 1. The number of esters is 1. The van der Waals surface area contributed by atoms with Gasteiger partial charge in [0.1, 0.15) is 5.01 Å². The first-order chi connectivity index (χ1) is 17.3. The van der Waals surface area contributed by atoms with Crippen LogP contribution in [0.25, 0.3) is 16.3 Å². The normalized spacial score (nSPS) is 11.9. The molecule has 0 saturated heterocycles. The molecular formula is C26H18F3N3O3S. The number of para-hydroxylation sites is 1. The lowest BCUT2D eigenvalue weighted by atomic mass is 10.2. The predicted octanol–water partition coefficient (Wildman–Crippen LogP) is 5.94. The number of thiazole rings is 1. The van der Waals surface area contributed by atoms with Crippen molar-refractivity contribution in [2.45, 2.75) is 6.18 Å². The van der Waals surface area contributed by atoms with E-state index < -0.39 is 30.2 Å². The molecule has 0 atom stereocenters. The van der Waals surface area contributed by atoms with Crippen molar-refractivity contribution in [3.8, 4) is 0 Å². The topological polar surface area (TPSA) is 71.9 Å². The highest BCUT2D eigenvalue weighted by Crippen LogP contribution is 2.32. The maximum absolute atomic E-state index is 13.2. The lowest BCUT2D eigenvalue weighted by Crippen LogP contribution is -2.30. The number of nitrogens with zero attached hydrogens (tertiary/aromatic N) is 3. The van der Waals surface area contributed by atoms with Crippen LogP contribution in [0.5, 0.6) is 0 Å². The van der Waals surface area contributed by atoms with Crippen LogP contribution in [-0.4, -0.2) is 29.7 Å². The second-order valence-electron chi connectivity index (χ2n) is 7.37. The van der Waals surface area contributed by atoms with Gasteiger partial charge in [0.15, 0.2) is 6.61 Å². The van der Waals surface area contributed by atoms with Gasteiger partial charge in [0.05, 0.1) is 27.7 Å². The van der Waals surface area contributed by atoms with Gasteiger partial charge in [-0.2, -0.15) is 23.3 Å². The molecule has 4 rings (SSSR count). The molecule has 182 valence electrons. The summed E-state index contributed by atoms with van der Waals surface area (Å²) in [5.41, 5.74) is 0.350. The molecule has 10 heteroatoms. The predicted molar refractivity (Wildman–Crippen MR) is 133 cm³/mol. The van der Waals surface area contributed by atoms with Gasteiger partial charge < -0.3 is 4.74 Å². The van der Waals surface area contributed by atoms with Gasteiger partial charge in [0.2, 0.25) is 0 Å².